The van der Waals surface area contributed by atoms with Gasteiger partial charge in [0.15, 0.2) is 0 Å². The molecule has 1 heterocycles. The van der Waals surface area contributed by atoms with Crippen LogP contribution in [0.15, 0.2) is 18.5 Å². The molecule has 92 valence electrons. The summed E-state index contributed by atoms with van der Waals surface area (Å²) in [6.07, 6.45) is 6.21. The number of nitrogens with two attached hydrogens (primary N) is 1. The molecule has 0 saturated carbocycles. The van der Waals surface area contributed by atoms with Crippen LogP contribution in [0.25, 0.3) is 0 Å². The summed E-state index contributed by atoms with van der Waals surface area (Å²) in [6.45, 7) is 8.18. The summed E-state index contributed by atoms with van der Waals surface area (Å²) in [5.41, 5.74) is 5.66. The third kappa shape index (κ3) is 3.94. The molecule has 1 rings (SSSR count). The molecule has 0 bridgehead atoms. The molecular formula is C12H24N4. The maximum atomic E-state index is 5.66. The largest absolute Gasteiger partial charge is 0.329 e. The molecule has 0 aliphatic heterocycles. The van der Waals surface area contributed by atoms with Gasteiger partial charge in [-0.3, -0.25) is 9.58 Å². The second-order valence-corrected chi connectivity index (χ2v) is 4.06. The number of nitrogens with zero attached hydrogens (tertiary/aromatic N) is 3. The molecule has 0 aliphatic carbocycles. The number of hydrogen-bond acceptors (Lipinski definition) is 3. The highest BCUT2D eigenvalue weighted by Gasteiger charge is 2.13. The smallest absolute Gasteiger partial charge is 0.0536 e. The highest BCUT2D eigenvalue weighted by Crippen LogP contribution is 2.07. The van der Waals surface area contributed by atoms with Crippen molar-refractivity contribution in [2.75, 3.05) is 19.6 Å². The second kappa shape index (κ2) is 7.41. The van der Waals surface area contributed by atoms with Crippen molar-refractivity contribution in [3.05, 3.63) is 18.5 Å². The van der Waals surface area contributed by atoms with Gasteiger partial charge in [0, 0.05) is 38.1 Å². The first-order chi connectivity index (χ1) is 7.81. The summed E-state index contributed by atoms with van der Waals surface area (Å²) in [4.78, 5) is 2.47. The molecule has 16 heavy (non-hydrogen) atoms. The first-order valence-electron chi connectivity index (χ1n) is 6.23. The Labute approximate surface area is 98.4 Å². The fraction of sp³-hybridized carbons (Fsp3) is 0.750. The van der Waals surface area contributed by atoms with Crippen LogP contribution in [0.1, 0.15) is 26.7 Å². The van der Waals surface area contributed by atoms with Crippen LogP contribution in [0, 0.1) is 0 Å². The minimum absolute atomic E-state index is 0.652. The predicted octanol–water partition coefficient (Wildman–Crippen LogP) is 1.33. The normalized spacial score (nSPS) is 11.6. The van der Waals surface area contributed by atoms with Gasteiger partial charge in [-0.15, -0.1) is 0 Å². The van der Waals surface area contributed by atoms with E-state index in [2.05, 4.69) is 23.8 Å². The van der Waals surface area contributed by atoms with Gasteiger partial charge in [0.1, 0.15) is 0 Å². The molecule has 0 aromatic carbocycles. The fourth-order valence-corrected chi connectivity index (χ4v) is 2.11. The van der Waals surface area contributed by atoms with Gasteiger partial charge in [-0.1, -0.05) is 13.8 Å². The van der Waals surface area contributed by atoms with E-state index in [1.807, 2.05) is 23.1 Å². The topological polar surface area (TPSA) is 47.1 Å². The third-order valence-corrected chi connectivity index (χ3v) is 3.05. The molecule has 0 fully saturated rings. The molecule has 0 radical (unpaired) electrons. The van der Waals surface area contributed by atoms with E-state index < -0.39 is 0 Å². The Morgan fingerprint density at radius 2 is 2.06 bits per heavy atom. The Hall–Kier alpha value is -0.870. The monoisotopic (exact) mass is 224 g/mol. The Bertz CT molecular complexity index is 254. The first-order valence-corrected chi connectivity index (χ1v) is 6.23. The summed E-state index contributed by atoms with van der Waals surface area (Å²) in [7, 11) is 0. The van der Waals surface area contributed by atoms with Crippen LogP contribution in [0.5, 0.6) is 0 Å². The van der Waals surface area contributed by atoms with Crippen molar-refractivity contribution in [3.63, 3.8) is 0 Å². The first kappa shape index (κ1) is 13.2. The minimum atomic E-state index is 0.652. The van der Waals surface area contributed by atoms with E-state index in [4.69, 9.17) is 5.73 Å². The van der Waals surface area contributed by atoms with Crippen LogP contribution in [0.4, 0.5) is 0 Å². The summed E-state index contributed by atoms with van der Waals surface area (Å²) in [5.74, 6) is 0. The van der Waals surface area contributed by atoms with Crippen molar-refractivity contribution in [2.45, 2.75) is 39.3 Å². The van der Waals surface area contributed by atoms with Gasteiger partial charge in [-0.2, -0.15) is 5.10 Å². The number of hydrogen-bond donors (Lipinski definition) is 1. The zero-order chi connectivity index (χ0) is 11.8. The Balaban J connectivity index is 2.43. The molecule has 2 N–H and O–H groups in total. The van der Waals surface area contributed by atoms with Crippen LogP contribution in [0.3, 0.4) is 0 Å². The van der Waals surface area contributed by atoms with Gasteiger partial charge >= 0.3 is 0 Å². The van der Waals surface area contributed by atoms with E-state index in [9.17, 15) is 0 Å². The van der Waals surface area contributed by atoms with Gasteiger partial charge in [0.25, 0.3) is 0 Å². The lowest BCUT2D eigenvalue weighted by molar-refractivity contribution is 0.181. The van der Waals surface area contributed by atoms with Crippen molar-refractivity contribution >= 4 is 0 Å². The van der Waals surface area contributed by atoms with Crippen LogP contribution in [-0.2, 0) is 6.54 Å². The molecule has 4 heteroatoms. The highest BCUT2D eigenvalue weighted by molar-refractivity contribution is 4.78. The molecule has 0 atom stereocenters. The predicted molar refractivity (Wildman–Crippen MR) is 67.2 cm³/mol. The maximum Gasteiger partial charge on any atom is 0.0536 e. The Morgan fingerprint density at radius 1 is 1.31 bits per heavy atom. The number of rotatable bonds is 8. The van der Waals surface area contributed by atoms with Gasteiger partial charge in [-0.05, 0) is 18.9 Å². The summed E-state index contributed by atoms with van der Waals surface area (Å²) < 4.78 is 1.98. The van der Waals surface area contributed by atoms with E-state index in [-0.39, 0.29) is 0 Å². The molecule has 0 amide bonds. The van der Waals surface area contributed by atoms with E-state index >= 15 is 0 Å². The highest BCUT2D eigenvalue weighted by atomic mass is 15.3. The van der Waals surface area contributed by atoms with Crippen molar-refractivity contribution < 1.29 is 0 Å². The zero-order valence-corrected chi connectivity index (χ0v) is 10.5. The van der Waals surface area contributed by atoms with Crippen molar-refractivity contribution in [3.8, 4) is 0 Å². The van der Waals surface area contributed by atoms with Gasteiger partial charge in [-0.25, -0.2) is 0 Å². The molecule has 4 nitrogen and oxygen atoms in total. The SMILES string of the molecule is CCC(CC)N(CCN)CCn1cccn1. The average Bonchev–Trinajstić information content (AvgIpc) is 2.80. The molecule has 0 aliphatic rings. The molecule has 0 unspecified atom stereocenters. The molecule has 1 aromatic heterocycles. The van der Waals surface area contributed by atoms with Crippen LogP contribution in [0.2, 0.25) is 0 Å². The average molecular weight is 224 g/mol. The summed E-state index contributed by atoms with van der Waals surface area (Å²) >= 11 is 0. The van der Waals surface area contributed by atoms with E-state index in [0.29, 0.717) is 6.04 Å². The van der Waals surface area contributed by atoms with Gasteiger partial charge in [0.05, 0.1) is 6.54 Å². The molecule has 0 spiro atoms. The Kier molecular flexibility index (Phi) is 6.11. The molecule has 0 saturated heterocycles. The number of aromatic nitrogens is 2. The second-order valence-electron chi connectivity index (χ2n) is 4.06. The molecule has 1 aromatic rings. The Morgan fingerprint density at radius 3 is 2.56 bits per heavy atom. The quantitative estimate of drug-likeness (QED) is 0.724. The lowest BCUT2D eigenvalue weighted by Crippen LogP contribution is -2.40. The van der Waals surface area contributed by atoms with Crippen molar-refractivity contribution in [2.24, 2.45) is 5.73 Å². The van der Waals surface area contributed by atoms with Crippen molar-refractivity contribution in [1.29, 1.82) is 0 Å². The minimum Gasteiger partial charge on any atom is -0.329 e. The standard InChI is InChI=1S/C12H24N4/c1-3-12(4-2)15(9-6-13)10-11-16-8-5-7-14-16/h5,7-8,12H,3-4,6,9-11,13H2,1-2H3. The zero-order valence-electron chi connectivity index (χ0n) is 10.5. The fourth-order valence-electron chi connectivity index (χ4n) is 2.11. The third-order valence-electron chi connectivity index (χ3n) is 3.05. The lowest BCUT2D eigenvalue weighted by atomic mass is 10.1. The summed E-state index contributed by atoms with van der Waals surface area (Å²) in [5, 5.41) is 4.22. The maximum absolute atomic E-state index is 5.66. The van der Waals surface area contributed by atoms with Crippen LogP contribution in [-0.4, -0.2) is 40.4 Å². The van der Waals surface area contributed by atoms with Gasteiger partial charge < -0.3 is 5.73 Å². The van der Waals surface area contributed by atoms with E-state index in [1.165, 1.54) is 12.8 Å². The summed E-state index contributed by atoms with van der Waals surface area (Å²) in [6, 6.07) is 2.61. The van der Waals surface area contributed by atoms with Crippen molar-refractivity contribution in [1.82, 2.24) is 14.7 Å². The lowest BCUT2D eigenvalue weighted by Gasteiger charge is -2.29. The van der Waals surface area contributed by atoms with E-state index in [1.54, 1.807) is 0 Å². The molecular weight excluding hydrogens is 200 g/mol. The van der Waals surface area contributed by atoms with Gasteiger partial charge in [0.2, 0.25) is 0 Å². The van der Waals surface area contributed by atoms with E-state index in [0.717, 1.165) is 26.2 Å². The van der Waals surface area contributed by atoms with Crippen LogP contribution < -0.4 is 5.73 Å². The van der Waals surface area contributed by atoms with Crippen LogP contribution >= 0.6 is 0 Å².